The minimum Gasteiger partial charge on any atom is -0.394 e. The molecule has 304 valence electrons. The van der Waals surface area contributed by atoms with E-state index in [0.29, 0.717) is 0 Å². The average Bonchev–Trinajstić information content (AvgIpc) is 3.12. The van der Waals surface area contributed by atoms with Gasteiger partial charge in [-0.15, -0.1) is 0 Å². The molecule has 3 fully saturated rings. The van der Waals surface area contributed by atoms with Gasteiger partial charge in [0, 0.05) is 19.6 Å². The van der Waals surface area contributed by atoms with Crippen LogP contribution in [0.5, 0.6) is 0 Å². The molecule has 0 aromatic heterocycles. The predicted octanol–water partition coefficient (Wildman–Crippen LogP) is -9.69. The Balaban J connectivity index is 1.52. The van der Waals surface area contributed by atoms with E-state index >= 15 is 0 Å². The summed E-state index contributed by atoms with van der Waals surface area (Å²) in [5, 5.41) is 121. The lowest BCUT2D eigenvalue weighted by Gasteiger charge is -2.40. The lowest BCUT2D eigenvalue weighted by molar-refractivity contribution is -0.303. The van der Waals surface area contributed by atoms with Crippen molar-refractivity contribution in [3.05, 3.63) is 0 Å². The van der Waals surface area contributed by atoms with Crippen molar-refractivity contribution < 1.29 is 99.3 Å². The highest BCUT2D eigenvalue weighted by Gasteiger charge is 2.46. The van der Waals surface area contributed by atoms with Crippen LogP contribution in [0.1, 0.15) is 0 Å². The maximum absolute atomic E-state index is 13.3. The van der Waals surface area contributed by atoms with E-state index in [1.165, 1.54) is 16.8 Å². The summed E-state index contributed by atoms with van der Waals surface area (Å²) in [5.74, 6) is -1.09. The zero-order chi connectivity index (χ0) is 38.7. The van der Waals surface area contributed by atoms with Crippen LogP contribution < -0.4 is 5.32 Å². The quantitative estimate of drug-likeness (QED) is 0.0543. The van der Waals surface area contributed by atoms with Gasteiger partial charge in [-0.25, -0.2) is 0 Å². The number of amides is 2. The second-order valence-electron chi connectivity index (χ2n) is 12.6. The number of nitrogens with zero attached hydrogens (tertiary/aromatic N) is 2. The first kappa shape index (κ1) is 44.6. The summed E-state index contributed by atoms with van der Waals surface area (Å²) in [6.45, 7) is -3.83. The first-order valence-corrected chi connectivity index (χ1v) is 16.6. The van der Waals surface area contributed by atoms with Crippen LogP contribution in [0.2, 0.25) is 0 Å². The van der Waals surface area contributed by atoms with Crippen molar-refractivity contribution in [3.63, 3.8) is 0 Å². The number of aliphatic hydroxyl groups is 12. The number of hydrogen-bond donors (Lipinski definition) is 13. The van der Waals surface area contributed by atoms with Crippen molar-refractivity contribution in [3.8, 4) is 0 Å². The summed E-state index contributed by atoms with van der Waals surface area (Å²) in [7, 11) is 1.47. The second kappa shape index (κ2) is 21.3. The van der Waals surface area contributed by atoms with Gasteiger partial charge >= 0.3 is 0 Å². The summed E-state index contributed by atoms with van der Waals surface area (Å²) in [4.78, 5) is 28.4. The van der Waals surface area contributed by atoms with Gasteiger partial charge in [0.05, 0.1) is 52.7 Å². The third-order valence-corrected chi connectivity index (χ3v) is 8.71. The summed E-state index contributed by atoms with van der Waals surface area (Å²) in [6, 6.07) is 0. The van der Waals surface area contributed by atoms with Crippen LogP contribution in [0.25, 0.3) is 0 Å². The number of likely N-dealkylation sites (N-methyl/N-ethyl adjacent to an activating group) is 1. The Kier molecular flexibility index (Phi) is 18.3. The highest BCUT2D eigenvalue weighted by atomic mass is 16.7. The van der Waals surface area contributed by atoms with E-state index in [1.807, 2.05) is 0 Å². The molecule has 0 spiro atoms. The molecule has 2 amide bonds. The molecule has 3 saturated heterocycles. The van der Waals surface area contributed by atoms with Gasteiger partial charge in [-0.3, -0.25) is 14.5 Å². The molecule has 23 nitrogen and oxygen atoms in total. The van der Waals surface area contributed by atoms with Gasteiger partial charge in [-0.05, 0) is 7.05 Å². The first-order valence-electron chi connectivity index (χ1n) is 16.6. The Bertz CT molecular complexity index is 1040. The van der Waals surface area contributed by atoms with Crippen LogP contribution in [0.4, 0.5) is 0 Å². The minimum absolute atomic E-state index is 0.0770. The van der Waals surface area contributed by atoms with Crippen molar-refractivity contribution >= 4 is 11.8 Å². The molecule has 0 unspecified atom stereocenters. The highest BCUT2D eigenvalue weighted by molar-refractivity contribution is 5.81. The number of ether oxygens (including phenoxy) is 6. The maximum Gasteiger partial charge on any atom is 0.236 e. The summed E-state index contributed by atoms with van der Waals surface area (Å²) < 4.78 is 32.2. The molecule has 0 saturated carbocycles. The molecular weight excluding hydrogens is 710 g/mol. The van der Waals surface area contributed by atoms with Crippen molar-refractivity contribution in [1.29, 1.82) is 0 Å². The van der Waals surface area contributed by atoms with Gasteiger partial charge in [0.1, 0.15) is 73.2 Å². The van der Waals surface area contributed by atoms with Gasteiger partial charge in [-0.2, -0.15) is 0 Å². The molecule has 13 N–H and O–H groups in total. The molecule has 0 aliphatic carbocycles. The number of rotatable bonds is 19. The van der Waals surface area contributed by atoms with Gasteiger partial charge in [0.15, 0.2) is 18.9 Å². The van der Waals surface area contributed by atoms with Crippen molar-refractivity contribution in [2.45, 2.75) is 92.1 Å². The lowest BCUT2D eigenvalue weighted by Crippen LogP contribution is -2.59. The van der Waals surface area contributed by atoms with Gasteiger partial charge in [0.2, 0.25) is 11.8 Å². The first-order chi connectivity index (χ1) is 24.6. The smallest absolute Gasteiger partial charge is 0.236 e. The monoisotopic (exact) mass is 763 g/mol. The summed E-state index contributed by atoms with van der Waals surface area (Å²) in [5.41, 5.74) is 0. The highest BCUT2D eigenvalue weighted by Crippen LogP contribution is 2.24. The Morgan fingerprint density at radius 1 is 0.558 bits per heavy atom. The van der Waals surface area contributed by atoms with Crippen molar-refractivity contribution in [2.24, 2.45) is 0 Å². The molecule has 0 bridgehead atoms. The Hall–Kier alpha value is -1.82. The Morgan fingerprint density at radius 3 is 1.29 bits per heavy atom. The molecule has 15 atom stereocenters. The molecule has 3 aliphatic heterocycles. The van der Waals surface area contributed by atoms with Crippen molar-refractivity contribution in [1.82, 2.24) is 15.1 Å². The van der Waals surface area contributed by atoms with Gasteiger partial charge in [-0.1, -0.05) is 0 Å². The van der Waals surface area contributed by atoms with E-state index in [-0.39, 0.29) is 52.5 Å². The molecule has 23 heteroatoms. The molecular formula is C29H53N3O20. The fraction of sp³-hybridized carbons (Fsp3) is 0.931. The standard InChI is InChI=1S/C29H53N3O20/c1-31(8-16(36)30-2-5-47-27-24(44)21(41)18(38)13(10-33)50-27)9-17(37)32(3-6-48-28-25(45)22(42)19(39)14(11-34)51-28)4-7-49-29-26(46)23(43)20(40)15(12-35)52-29/h13-15,18-29,33-35,38-46H,2-12H2,1H3,(H,30,36)/t13-,14-,15-,18-,19-,20-,21+,22+,23+,24+,25+,26+,27+,28+,29+/m1/s1. The molecule has 3 rings (SSSR count). The predicted molar refractivity (Wildman–Crippen MR) is 166 cm³/mol. The minimum atomic E-state index is -1.69. The normalized spacial score (nSPS) is 38.3. The number of nitrogens with one attached hydrogen (secondary N) is 1. The molecule has 0 radical (unpaired) electrons. The Morgan fingerprint density at radius 2 is 0.923 bits per heavy atom. The SMILES string of the molecule is CN(CC(=O)NCCO[C@H]1O[C@H](CO)[C@@H](O)[C@H](O)[C@@H]1O)CC(=O)N(CCO[C@H]1O[C@H](CO)[C@@H](O)[C@H](O)[C@@H]1O)CCO[C@H]1O[C@H](CO)[C@@H](O)[C@H](O)[C@@H]1O. The fourth-order valence-corrected chi connectivity index (χ4v) is 5.59. The lowest BCUT2D eigenvalue weighted by atomic mass is 9.99. The number of carbonyl (C=O) groups excluding carboxylic acids is 2. The summed E-state index contributed by atoms with van der Waals surface area (Å²) in [6.07, 6.45) is -22.8. The number of hydrogen-bond acceptors (Lipinski definition) is 21. The van der Waals surface area contributed by atoms with E-state index in [4.69, 9.17) is 28.4 Å². The van der Waals surface area contributed by atoms with Crippen LogP contribution in [0.3, 0.4) is 0 Å². The third kappa shape index (κ3) is 11.8. The topological polar surface area (TPSA) is 351 Å². The third-order valence-electron chi connectivity index (χ3n) is 8.71. The van der Waals surface area contributed by atoms with E-state index in [9.17, 15) is 70.9 Å². The van der Waals surface area contributed by atoms with Crippen LogP contribution in [-0.4, -0.2) is 254 Å². The molecule has 52 heavy (non-hydrogen) atoms. The zero-order valence-electron chi connectivity index (χ0n) is 28.5. The molecule has 3 heterocycles. The molecule has 0 aromatic rings. The van der Waals surface area contributed by atoms with Crippen molar-refractivity contribution in [2.75, 3.05) is 79.4 Å². The van der Waals surface area contributed by atoms with E-state index in [1.54, 1.807) is 0 Å². The largest absolute Gasteiger partial charge is 0.394 e. The van der Waals surface area contributed by atoms with E-state index in [0.717, 1.165) is 0 Å². The second-order valence-corrected chi connectivity index (χ2v) is 12.6. The summed E-state index contributed by atoms with van der Waals surface area (Å²) >= 11 is 0. The maximum atomic E-state index is 13.3. The van der Waals surface area contributed by atoms with E-state index in [2.05, 4.69) is 5.32 Å². The number of aliphatic hydroxyl groups excluding tert-OH is 12. The van der Waals surface area contributed by atoms with Gasteiger partial charge in [0.25, 0.3) is 0 Å². The van der Waals surface area contributed by atoms with Crippen LogP contribution in [0.15, 0.2) is 0 Å². The van der Waals surface area contributed by atoms with Crippen LogP contribution in [0, 0.1) is 0 Å². The van der Waals surface area contributed by atoms with E-state index < -0.39 is 124 Å². The average molecular weight is 764 g/mol. The van der Waals surface area contributed by atoms with Gasteiger partial charge < -0.3 is 99.9 Å². The fourth-order valence-electron chi connectivity index (χ4n) is 5.59. The molecule has 0 aromatic carbocycles. The zero-order valence-corrected chi connectivity index (χ0v) is 28.5. The Labute approximate surface area is 298 Å². The number of carbonyl (C=O) groups is 2. The molecule has 3 aliphatic rings. The van der Waals surface area contributed by atoms with Crippen LogP contribution >= 0.6 is 0 Å². The van der Waals surface area contributed by atoms with Crippen LogP contribution in [-0.2, 0) is 38.0 Å².